The van der Waals surface area contributed by atoms with Crippen molar-refractivity contribution in [2.24, 2.45) is 0 Å². The molecule has 0 saturated carbocycles. The molecule has 3 atom stereocenters. The van der Waals surface area contributed by atoms with E-state index in [1.54, 1.807) is 0 Å². The van der Waals surface area contributed by atoms with Gasteiger partial charge in [-0.3, -0.25) is 0 Å². The highest BCUT2D eigenvalue weighted by Crippen LogP contribution is 2.29. The Bertz CT molecular complexity index is 669. The van der Waals surface area contributed by atoms with Crippen molar-refractivity contribution in [1.29, 1.82) is 0 Å². The zero-order valence-corrected chi connectivity index (χ0v) is 15.4. The molecule has 24 heavy (non-hydrogen) atoms. The van der Waals surface area contributed by atoms with E-state index in [0.29, 0.717) is 19.6 Å². The summed E-state index contributed by atoms with van der Waals surface area (Å²) in [5.74, 6) is 0. The van der Waals surface area contributed by atoms with Gasteiger partial charge < -0.3 is 9.64 Å². The highest BCUT2D eigenvalue weighted by atomic mass is 32.2. The van der Waals surface area contributed by atoms with E-state index in [9.17, 15) is 8.42 Å². The third-order valence-corrected chi connectivity index (χ3v) is 6.25. The van der Waals surface area contributed by atoms with Gasteiger partial charge in [-0.2, -0.15) is 12.7 Å². The summed E-state index contributed by atoms with van der Waals surface area (Å²) in [7, 11) is -3.47. The summed E-state index contributed by atoms with van der Waals surface area (Å²) in [5, 5.41) is 0. The number of nitrogens with one attached hydrogen (secondary N) is 1. The Kier molecular flexibility index (Phi) is 5.15. The first kappa shape index (κ1) is 17.7. The SMILES string of the molecule is CC1CN(S(=O)(=O)NCC(C)N2CCc3ccccc32)CC(C)O1. The van der Waals surface area contributed by atoms with E-state index in [2.05, 4.69) is 34.7 Å². The van der Waals surface area contributed by atoms with Gasteiger partial charge >= 0.3 is 0 Å². The van der Waals surface area contributed by atoms with Crippen molar-refractivity contribution in [3.05, 3.63) is 29.8 Å². The van der Waals surface area contributed by atoms with Crippen LogP contribution in [0.4, 0.5) is 5.69 Å². The lowest BCUT2D eigenvalue weighted by molar-refractivity contribution is -0.0443. The molecular formula is C17H27N3O3S. The molecule has 0 amide bonds. The molecule has 6 nitrogen and oxygen atoms in total. The lowest BCUT2D eigenvalue weighted by Crippen LogP contribution is -2.53. The van der Waals surface area contributed by atoms with Gasteiger partial charge in [0, 0.05) is 37.9 Å². The zero-order valence-electron chi connectivity index (χ0n) is 14.6. The Balaban J connectivity index is 1.61. The number of nitrogens with zero attached hydrogens (tertiary/aromatic N) is 2. The summed E-state index contributed by atoms with van der Waals surface area (Å²) < 4.78 is 35.1. The van der Waals surface area contributed by atoms with E-state index < -0.39 is 10.2 Å². The standard InChI is InChI=1S/C17H27N3O3S/c1-13(20-9-8-16-6-4-5-7-17(16)20)10-18-24(21,22)19-11-14(2)23-15(3)12-19/h4-7,13-15,18H,8-12H2,1-3H3. The van der Waals surface area contributed by atoms with Gasteiger partial charge in [0.1, 0.15) is 0 Å². The van der Waals surface area contributed by atoms with Crippen molar-refractivity contribution in [2.75, 3.05) is 31.1 Å². The van der Waals surface area contributed by atoms with Crippen LogP contribution in [0.25, 0.3) is 0 Å². The maximum absolute atomic E-state index is 12.6. The van der Waals surface area contributed by atoms with E-state index in [1.807, 2.05) is 19.9 Å². The van der Waals surface area contributed by atoms with Gasteiger partial charge in [-0.1, -0.05) is 18.2 Å². The summed E-state index contributed by atoms with van der Waals surface area (Å²) in [5.41, 5.74) is 2.56. The molecule has 0 radical (unpaired) electrons. The van der Waals surface area contributed by atoms with Gasteiger partial charge in [0.15, 0.2) is 0 Å². The Morgan fingerprint density at radius 3 is 2.62 bits per heavy atom. The third-order valence-electron chi connectivity index (χ3n) is 4.74. The summed E-state index contributed by atoms with van der Waals surface area (Å²) in [6.07, 6.45) is 0.868. The lowest BCUT2D eigenvalue weighted by Gasteiger charge is -2.35. The van der Waals surface area contributed by atoms with Crippen LogP contribution in [0.2, 0.25) is 0 Å². The van der Waals surface area contributed by atoms with Gasteiger partial charge in [-0.15, -0.1) is 0 Å². The van der Waals surface area contributed by atoms with E-state index in [1.165, 1.54) is 15.6 Å². The Morgan fingerprint density at radius 1 is 1.25 bits per heavy atom. The first-order valence-corrected chi connectivity index (χ1v) is 10.1. The average molecular weight is 353 g/mol. The molecule has 1 aromatic rings. The van der Waals surface area contributed by atoms with Crippen LogP contribution < -0.4 is 9.62 Å². The number of para-hydroxylation sites is 1. The maximum Gasteiger partial charge on any atom is 0.279 e. The molecule has 134 valence electrons. The van der Waals surface area contributed by atoms with Crippen LogP contribution in [0.5, 0.6) is 0 Å². The van der Waals surface area contributed by atoms with Crippen LogP contribution >= 0.6 is 0 Å². The van der Waals surface area contributed by atoms with Crippen molar-refractivity contribution in [1.82, 2.24) is 9.03 Å². The summed E-state index contributed by atoms with van der Waals surface area (Å²) in [6, 6.07) is 8.45. The smallest absolute Gasteiger partial charge is 0.279 e. The van der Waals surface area contributed by atoms with E-state index >= 15 is 0 Å². The van der Waals surface area contributed by atoms with Crippen molar-refractivity contribution in [3.8, 4) is 0 Å². The van der Waals surface area contributed by atoms with Crippen molar-refractivity contribution < 1.29 is 13.2 Å². The lowest BCUT2D eigenvalue weighted by atomic mass is 10.2. The first-order chi connectivity index (χ1) is 11.4. The minimum atomic E-state index is -3.47. The molecule has 2 heterocycles. The normalized spacial score (nSPS) is 26.4. The van der Waals surface area contributed by atoms with Crippen LogP contribution in [0.15, 0.2) is 24.3 Å². The minimum absolute atomic E-state index is 0.0757. The molecule has 0 spiro atoms. The van der Waals surface area contributed by atoms with Gasteiger partial charge in [-0.05, 0) is 38.8 Å². The molecule has 0 bridgehead atoms. The molecule has 3 unspecified atom stereocenters. The quantitative estimate of drug-likeness (QED) is 0.869. The van der Waals surface area contributed by atoms with Crippen molar-refractivity contribution in [3.63, 3.8) is 0 Å². The van der Waals surface area contributed by atoms with Crippen molar-refractivity contribution in [2.45, 2.75) is 45.4 Å². The second kappa shape index (κ2) is 7.00. The number of rotatable bonds is 5. The number of fused-ring (bicyclic) bond motifs is 1. The van der Waals surface area contributed by atoms with E-state index in [4.69, 9.17) is 4.74 Å². The Morgan fingerprint density at radius 2 is 1.92 bits per heavy atom. The number of benzene rings is 1. The molecule has 7 heteroatoms. The third kappa shape index (κ3) is 3.74. The average Bonchev–Trinajstić information content (AvgIpc) is 2.96. The predicted octanol–water partition coefficient (Wildman–Crippen LogP) is 1.38. The molecule has 1 aromatic carbocycles. The number of morpholine rings is 1. The highest BCUT2D eigenvalue weighted by molar-refractivity contribution is 7.87. The zero-order chi connectivity index (χ0) is 17.3. The minimum Gasteiger partial charge on any atom is -0.373 e. The Hall–Kier alpha value is -1.15. The van der Waals surface area contributed by atoms with E-state index in [-0.39, 0.29) is 18.2 Å². The van der Waals surface area contributed by atoms with Gasteiger partial charge in [0.25, 0.3) is 10.2 Å². The largest absolute Gasteiger partial charge is 0.373 e. The fourth-order valence-electron chi connectivity index (χ4n) is 3.58. The summed E-state index contributed by atoms with van der Waals surface area (Å²) >= 11 is 0. The fourth-order valence-corrected chi connectivity index (χ4v) is 5.02. The van der Waals surface area contributed by atoms with Gasteiger partial charge in [-0.25, -0.2) is 4.72 Å². The van der Waals surface area contributed by atoms with Crippen LogP contribution in [0.1, 0.15) is 26.3 Å². The van der Waals surface area contributed by atoms with Gasteiger partial charge in [0.05, 0.1) is 12.2 Å². The molecule has 3 rings (SSSR count). The van der Waals surface area contributed by atoms with Crippen LogP contribution in [0.3, 0.4) is 0 Å². The topological polar surface area (TPSA) is 61.9 Å². The predicted molar refractivity (Wildman–Crippen MR) is 95.5 cm³/mol. The molecule has 2 aliphatic heterocycles. The summed E-state index contributed by atoms with van der Waals surface area (Å²) in [4.78, 5) is 2.28. The fraction of sp³-hybridized carbons (Fsp3) is 0.647. The number of hydrogen-bond donors (Lipinski definition) is 1. The molecule has 0 aromatic heterocycles. The molecule has 2 aliphatic rings. The van der Waals surface area contributed by atoms with Crippen LogP contribution in [0, 0.1) is 0 Å². The Labute approximate surface area is 145 Å². The van der Waals surface area contributed by atoms with E-state index in [0.717, 1.165) is 13.0 Å². The molecule has 1 saturated heterocycles. The molecule has 0 aliphatic carbocycles. The van der Waals surface area contributed by atoms with Gasteiger partial charge in [0.2, 0.25) is 0 Å². The molecular weight excluding hydrogens is 326 g/mol. The van der Waals surface area contributed by atoms with Crippen LogP contribution in [-0.2, 0) is 21.4 Å². The molecule has 1 fully saturated rings. The van der Waals surface area contributed by atoms with Crippen molar-refractivity contribution >= 4 is 15.9 Å². The maximum atomic E-state index is 12.6. The van der Waals surface area contributed by atoms with Crippen LogP contribution in [-0.4, -0.2) is 57.2 Å². The summed E-state index contributed by atoms with van der Waals surface area (Å²) in [6.45, 7) is 8.02. The second-order valence-electron chi connectivity index (χ2n) is 6.85. The molecule has 1 N–H and O–H groups in total. The number of hydrogen-bond acceptors (Lipinski definition) is 4. The first-order valence-electron chi connectivity index (χ1n) is 8.61. The monoisotopic (exact) mass is 353 g/mol. The highest BCUT2D eigenvalue weighted by Gasteiger charge is 2.31. The second-order valence-corrected chi connectivity index (χ2v) is 8.60. The number of ether oxygens (including phenoxy) is 1. The number of anilines is 1.